The van der Waals surface area contributed by atoms with E-state index in [0.29, 0.717) is 23.9 Å². The predicted molar refractivity (Wildman–Crippen MR) is 138 cm³/mol. The highest BCUT2D eigenvalue weighted by atomic mass is 32.2. The lowest BCUT2D eigenvalue weighted by Crippen LogP contribution is -2.43. The summed E-state index contributed by atoms with van der Waals surface area (Å²) in [6, 6.07) is 8.75. The molecule has 1 aromatic carbocycles. The maximum Gasteiger partial charge on any atom is 0.119 e. The van der Waals surface area contributed by atoms with Crippen LogP contribution in [0.1, 0.15) is 83.1 Å². The van der Waals surface area contributed by atoms with Gasteiger partial charge in [-0.05, 0) is 98.7 Å². The molecule has 0 radical (unpaired) electrons. The molecule has 5 unspecified atom stereocenters. The first kappa shape index (κ1) is 25.3. The Hall–Kier alpha value is -0.750. The maximum absolute atomic E-state index is 6.25. The fourth-order valence-electron chi connectivity index (χ4n) is 6.64. The van der Waals surface area contributed by atoms with Crippen molar-refractivity contribution in [3.63, 3.8) is 0 Å². The molecule has 5 atom stereocenters. The number of rotatable bonds is 11. The molecule has 3 saturated carbocycles. The third kappa shape index (κ3) is 7.13. The van der Waals surface area contributed by atoms with E-state index in [-0.39, 0.29) is 6.10 Å². The fourth-order valence-corrected chi connectivity index (χ4v) is 7.21. The summed E-state index contributed by atoms with van der Waals surface area (Å²) in [5.41, 5.74) is 6.96. The number of benzene rings is 1. The number of fused-ring (bicyclic) bond motifs is 2. The highest BCUT2D eigenvalue weighted by Crippen LogP contribution is 2.47. The molecule has 4 rings (SSSR count). The molecule has 5 heteroatoms. The van der Waals surface area contributed by atoms with Gasteiger partial charge in [-0.25, -0.2) is 9.78 Å². The van der Waals surface area contributed by atoms with E-state index >= 15 is 0 Å². The molecule has 0 amide bonds. The van der Waals surface area contributed by atoms with Crippen molar-refractivity contribution in [1.29, 1.82) is 0 Å². The van der Waals surface area contributed by atoms with Crippen molar-refractivity contribution in [3.8, 4) is 5.75 Å². The number of hydrogen-bond donors (Lipinski definition) is 1. The number of thioether (sulfide) groups is 1. The van der Waals surface area contributed by atoms with Gasteiger partial charge in [-0.1, -0.05) is 32.4 Å². The van der Waals surface area contributed by atoms with Gasteiger partial charge < -0.3 is 10.5 Å². The zero-order chi connectivity index (χ0) is 23.0. The zero-order valence-corrected chi connectivity index (χ0v) is 21.6. The molecule has 3 aliphatic rings. The first-order chi connectivity index (χ1) is 16.2. The molecule has 0 saturated heterocycles. The normalized spacial score (nSPS) is 34.2. The lowest BCUT2D eigenvalue weighted by Gasteiger charge is -2.46. The number of ether oxygens (including phenoxy) is 1. The van der Waals surface area contributed by atoms with Crippen LogP contribution in [0.2, 0.25) is 0 Å². The summed E-state index contributed by atoms with van der Waals surface area (Å²) >= 11 is 1.84. The fraction of sp³-hybridized carbons (Fsp3) is 0.786. The Balaban J connectivity index is 1.19. The minimum absolute atomic E-state index is 0.256. The Morgan fingerprint density at radius 2 is 1.73 bits per heavy atom. The minimum Gasteiger partial charge on any atom is -0.493 e. The molecule has 0 aromatic heterocycles. The molecular formula is C28H45NO3S. The van der Waals surface area contributed by atoms with Gasteiger partial charge in [-0.15, -0.1) is 0 Å². The Morgan fingerprint density at radius 1 is 0.939 bits per heavy atom. The van der Waals surface area contributed by atoms with E-state index in [1.807, 2.05) is 11.8 Å². The van der Waals surface area contributed by atoms with E-state index in [0.717, 1.165) is 55.1 Å². The molecule has 4 nitrogen and oxygen atoms in total. The van der Waals surface area contributed by atoms with Crippen molar-refractivity contribution in [2.75, 3.05) is 24.7 Å². The van der Waals surface area contributed by atoms with Crippen molar-refractivity contribution in [2.24, 2.45) is 29.4 Å². The molecule has 0 aliphatic heterocycles. The molecule has 0 spiro atoms. The van der Waals surface area contributed by atoms with Crippen molar-refractivity contribution >= 4 is 11.8 Å². The van der Waals surface area contributed by atoms with Crippen LogP contribution in [0.4, 0.5) is 0 Å². The zero-order valence-electron chi connectivity index (χ0n) is 20.8. The van der Waals surface area contributed by atoms with Gasteiger partial charge in [0.25, 0.3) is 0 Å². The van der Waals surface area contributed by atoms with Crippen LogP contribution in [0.3, 0.4) is 0 Å². The molecule has 1 aromatic rings. The van der Waals surface area contributed by atoms with Crippen LogP contribution in [-0.4, -0.2) is 36.9 Å². The maximum atomic E-state index is 6.25. The lowest BCUT2D eigenvalue weighted by molar-refractivity contribution is -0.378. The van der Waals surface area contributed by atoms with Crippen LogP contribution in [-0.2, 0) is 9.78 Å². The summed E-state index contributed by atoms with van der Waals surface area (Å²) in [6.07, 6.45) is 11.8. The smallest absolute Gasteiger partial charge is 0.119 e. The third-order valence-electron chi connectivity index (χ3n) is 8.25. The van der Waals surface area contributed by atoms with Gasteiger partial charge >= 0.3 is 0 Å². The van der Waals surface area contributed by atoms with Crippen LogP contribution in [0.15, 0.2) is 24.3 Å². The quantitative estimate of drug-likeness (QED) is 0.222. The first-order valence-electron chi connectivity index (χ1n) is 13.5. The number of nitrogens with two attached hydrogens (primary N) is 1. The van der Waals surface area contributed by atoms with E-state index in [9.17, 15) is 0 Å². The van der Waals surface area contributed by atoms with Gasteiger partial charge in [-0.2, -0.15) is 11.8 Å². The van der Waals surface area contributed by atoms with Gasteiger partial charge in [0.15, 0.2) is 0 Å². The summed E-state index contributed by atoms with van der Waals surface area (Å²) in [7, 11) is 0. The van der Waals surface area contributed by atoms with Crippen molar-refractivity contribution in [2.45, 2.75) is 89.8 Å². The molecule has 2 N–H and O–H groups in total. The molecule has 3 fully saturated rings. The summed E-state index contributed by atoms with van der Waals surface area (Å²) in [6.45, 7) is 6.23. The highest BCUT2D eigenvalue weighted by molar-refractivity contribution is 7.99. The van der Waals surface area contributed by atoms with E-state index in [2.05, 4.69) is 38.1 Å². The van der Waals surface area contributed by atoms with Crippen LogP contribution < -0.4 is 10.5 Å². The first-order valence-corrected chi connectivity index (χ1v) is 14.6. The monoisotopic (exact) mass is 475 g/mol. The Bertz CT molecular complexity index is 689. The number of hydrogen-bond acceptors (Lipinski definition) is 5. The lowest BCUT2D eigenvalue weighted by atomic mass is 9.63. The minimum atomic E-state index is 0.256. The molecule has 0 heterocycles. The Morgan fingerprint density at radius 3 is 2.45 bits per heavy atom. The second kappa shape index (κ2) is 12.8. The summed E-state index contributed by atoms with van der Waals surface area (Å²) in [5, 5.41) is 0. The molecular weight excluding hydrogens is 430 g/mol. The molecule has 3 aliphatic carbocycles. The van der Waals surface area contributed by atoms with Crippen molar-refractivity contribution in [3.05, 3.63) is 29.8 Å². The Labute approximate surface area is 205 Å². The van der Waals surface area contributed by atoms with Gasteiger partial charge in [-0.3, -0.25) is 0 Å². The third-order valence-corrected chi connectivity index (χ3v) is 9.23. The highest BCUT2D eigenvalue weighted by Gasteiger charge is 2.42. The van der Waals surface area contributed by atoms with Gasteiger partial charge in [0.05, 0.1) is 18.8 Å². The van der Waals surface area contributed by atoms with Crippen LogP contribution in [0.25, 0.3) is 0 Å². The average molecular weight is 476 g/mol. The largest absolute Gasteiger partial charge is 0.493 e. The van der Waals surface area contributed by atoms with E-state index in [1.54, 1.807) is 0 Å². The van der Waals surface area contributed by atoms with Crippen LogP contribution in [0, 0.1) is 23.7 Å². The summed E-state index contributed by atoms with van der Waals surface area (Å²) in [5.74, 6) is 6.73. The van der Waals surface area contributed by atoms with Crippen LogP contribution >= 0.6 is 11.8 Å². The second-order valence-corrected chi connectivity index (χ2v) is 12.0. The summed E-state index contributed by atoms with van der Waals surface area (Å²) < 4.78 is 5.86. The SMILES string of the molecule is CCC1CC2CC(C)CC(C2)C1OOC1CCC(c2ccc(OCCSCCN)cc2)CC1. The van der Waals surface area contributed by atoms with E-state index < -0.39 is 0 Å². The summed E-state index contributed by atoms with van der Waals surface area (Å²) in [4.78, 5) is 12.4. The van der Waals surface area contributed by atoms with Gasteiger partial charge in [0.1, 0.15) is 5.75 Å². The average Bonchev–Trinajstić information content (AvgIpc) is 2.83. The van der Waals surface area contributed by atoms with Crippen molar-refractivity contribution < 1.29 is 14.5 Å². The molecule has 186 valence electrons. The topological polar surface area (TPSA) is 53.7 Å². The van der Waals surface area contributed by atoms with Gasteiger partial charge in [0, 0.05) is 18.1 Å². The predicted octanol–water partition coefficient (Wildman–Crippen LogP) is 6.58. The van der Waals surface area contributed by atoms with E-state index in [1.165, 1.54) is 50.5 Å². The Kier molecular flexibility index (Phi) is 9.84. The second-order valence-electron chi connectivity index (χ2n) is 10.8. The van der Waals surface area contributed by atoms with Gasteiger partial charge in [0.2, 0.25) is 0 Å². The van der Waals surface area contributed by atoms with Crippen molar-refractivity contribution in [1.82, 2.24) is 0 Å². The molecule has 2 bridgehead atoms. The standard InChI is InChI=1S/C28H45NO3S/c1-3-22-18-21-16-20(2)17-25(19-21)28(22)32-31-27-10-6-24(7-11-27)23-4-8-26(9-5-23)30-13-15-33-14-12-29/h4-5,8-9,20-22,24-25,27-28H,3,6-7,10-19,29H2,1-2H3. The van der Waals surface area contributed by atoms with E-state index in [4.69, 9.17) is 20.2 Å². The molecule has 33 heavy (non-hydrogen) atoms. The van der Waals surface area contributed by atoms with Crippen LogP contribution in [0.5, 0.6) is 5.75 Å².